The summed E-state index contributed by atoms with van der Waals surface area (Å²) in [7, 11) is 0. The van der Waals surface area contributed by atoms with Crippen LogP contribution in [0.2, 0.25) is 0 Å². The molecule has 2 aliphatic rings. The van der Waals surface area contributed by atoms with E-state index in [1.54, 1.807) is 0 Å². The lowest BCUT2D eigenvalue weighted by Gasteiger charge is -2.45. The van der Waals surface area contributed by atoms with Gasteiger partial charge in [0.1, 0.15) is 59.1 Å². The van der Waals surface area contributed by atoms with Crippen LogP contribution in [0.4, 0.5) is 0 Å². The minimum absolute atomic E-state index is 0.0447. The van der Waals surface area contributed by atoms with Crippen molar-refractivity contribution >= 4 is 11.0 Å². The standard InChI is InChI=1S/C27H30O16/c1-8-17(33)20(36)22(38)26(39-8)43-25-21(37)18(34)15(7-28)41-27(25)42-24-19(35)16-13(32)5-10(29)6-14(16)40-23(24)9-2-3-11(30)12(31)4-9/h2-6,8,15,17-18,20-22,25-34,36-38H,7H2,1H3/t8?,15?,17-,18-,20?,21?,22-,25?,26-,27-/m0/s1. The predicted molar refractivity (Wildman–Crippen MR) is 140 cm³/mol. The number of fused-ring (bicyclic) bond motifs is 1. The lowest BCUT2D eigenvalue weighted by atomic mass is 9.97. The average molecular weight is 611 g/mol. The van der Waals surface area contributed by atoms with Gasteiger partial charge >= 0.3 is 0 Å². The van der Waals surface area contributed by atoms with E-state index >= 15 is 0 Å². The van der Waals surface area contributed by atoms with E-state index in [9.17, 15) is 55.9 Å². The zero-order valence-corrected chi connectivity index (χ0v) is 22.3. The molecule has 16 nitrogen and oxygen atoms in total. The molecule has 0 spiro atoms. The van der Waals surface area contributed by atoms with Crippen molar-refractivity contribution in [3.63, 3.8) is 0 Å². The SMILES string of the molecule is CC1O[C@@H](OC2C(O)[C@@H](O)C(CO)O[C@H]2Oc2c(-c3ccc(O)c(O)c3)oc3cc(O)cc(O)c3c2=O)[C@@H](O)C(O)[C@H]1O. The second-order valence-corrected chi connectivity index (χ2v) is 10.2. The van der Waals surface area contributed by atoms with Crippen molar-refractivity contribution in [3.05, 3.63) is 40.6 Å². The van der Waals surface area contributed by atoms with Gasteiger partial charge in [-0.25, -0.2) is 0 Å². The van der Waals surface area contributed by atoms with Crippen molar-refractivity contribution in [1.82, 2.24) is 0 Å². The van der Waals surface area contributed by atoms with Crippen LogP contribution in [0.25, 0.3) is 22.3 Å². The van der Waals surface area contributed by atoms with Gasteiger partial charge in [-0.2, -0.15) is 0 Å². The molecule has 2 aliphatic heterocycles. The van der Waals surface area contributed by atoms with Crippen molar-refractivity contribution < 1.29 is 74.4 Å². The Bertz CT molecular complexity index is 1540. The van der Waals surface area contributed by atoms with Gasteiger partial charge in [0.05, 0.1) is 12.7 Å². The Hall–Kier alpha value is -3.71. The lowest BCUT2D eigenvalue weighted by molar-refractivity contribution is -0.354. The summed E-state index contributed by atoms with van der Waals surface area (Å²) < 4.78 is 28.3. The summed E-state index contributed by atoms with van der Waals surface area (Å²) in [6.07, 6.45) is -16.7. The summed E-state index contributed by atoms with van der Waals surface area (Å²) in [5.41, 5.74) is -1.39. The number of benzene rings is 2. The quantitative estimate of drug-likeness (QED) is 0.140. The Kier molecular flexibility index (Phi) is 8.41. The fourth-order valence-corrected chi connectivity index (χ4v) is 4.92. The number of aromatic hydroxyl groups is 4. The Balaban J connectivity index is 1.62. The Labute approximate surface area is 241 Å². The smallest absolute Gasteiger partial charge is 0.239 e. The number of hydrogen-bond donors (Lipinski definition) is 10. The van der Waals surface area contributed by atoms with E-state index in [2.05, 4.69) is 0 Å². The summed E-state index contributed by atoms with van der Waals surface area (Å²) in [5, 5.41) is 102. The summed E-state index contributed by atoms with van der Waals surface area (Å²) in [5.74, 6) is -3.40. The Morgan fingerprint density at radius 1 is 0.791 bits per heavy atom. The van der Waals surface area contributed by atoms with Crippen LogP contribution in [0.1, 0.15) is 6.92 Å². The summed E-state index contributed by atoms with van der Waals surface area (Å²) in [6, 6.07) is 5.21. The maximum absolute atomic E-state index is 13.7. The number of hydrogen-bond acceptors (Lipinski definition) is 16. The molecular weight excluding hydrogens is 580 g/mol. The van der Waals surface area contributed by atoms with Gasteiger partial charge in [0.25, 0.3) is 0 Å². The van der Waals surface area contributed by atoms with Gasteiger partial charge < -0.3 is 74.4 Å². The minimum Gasteiger partial charge on any atom is -0.508 e. The molecule has 2 aromatic carbocycles. The molecule has 10 N–H and O–H groups in total. The molecular formula is C27H30O16. The molecule has 234 valence electrons. The molecule has 3 heterocycles. The second-order valence-electron chi connectivity index (χ2n) is 10.2. The van der Waals surface area contributed by atoms with E-state index in [4.69, 9.17) is 23.4 Å². The average Bonchev–Trinajstić information content (AvgIpc) is 2.96. The van der Waals surface area contributed by atoms with Gasteiger partial charge in [-0.3, -0.25) is 4.79 Å². The van der Waals surface area contributed by atoms with Gasteiger partial charge in [0.15, 0.2) is 29.7 Å². The Morgan fingerprint density at radius 3 is 2.19 bits per heavy atom. The van der Waals surface area contributed by atoms with Gasteiger partial charge in [-0.1, -0.05) is 0 Å². The van der Waals surface area contributed by atoms with E-state index in [0.29, 0.717) is 0 Å². The Morgan fingerprint density at radius 2 is 1.51 bits per heavy atom. The second kappa shape index (κ2) is 11.8. The van der Waals surface area contributed by atoms with Crippen LogP contribution in [0.15, 0.2) is 39.5 Å². The molecule has 2 fully saturated rings. The molecule has 43 heavy (non-hydrogen) atoms. The van der Waals surface area contributed by atoms with Crippen molar-refractivity contribution in [2.24, 2.45) is 0 Å². The fraction of sp³-hybridized carbons (Fsp3) is 0.444. The highest BCUT2D eigenvalue weighted by molar-refractivity contribution is 5.88. The minimum atomic E-state index is -1.91. The largest absolute Gasteiger partial charge is 0.508 e. The molecule has 0 saturated carbocycles. The monoisotopic (exact) mass is 610 g/mol. The number of phenols is 4. The maximum Gasteiger partial charge on any atom is 0.239 e. The van der Waals surface area contributed by atoms with Crippen molar-refractivity contribution in [2.75, 3.05) is 6.61 Å². The molecule has 16 heteroatoms. The summed E-state index contributed by atoms with van der Waals surface area (Å²) >= 11 is 0. The van der Waals surface area contributed by atoms with Gasteiger partial charge in [0, 0.05) is 17.7 Å². The van der Waals surface area contributed by atoms with Crippen LogP contribution in [0.3, 0.4) is 0 Å². The topological polar surface area (TPSA) is 269 Å². The number of aliphatic hydroxyl groups excluding tert-OH is 6. The molecule has 0 radical (unpaired) electrons. The number of aliphatic hydroxyl groups is 6. The summed E-state index contributed by atoms with van der Waals surface area (Å²) in [6.45, 7) is 0.541. The van der Waals surface area contributed by atoms with Gasteiger partial charge in [-0.05, 0) is 25.1 Å². The van der Waals surface area contributed by atoms with Crippen molar-refractivity contribution in [2.45, 2.75) is 68.3 Å². The van der Waals surface area contributed by atoms with Crippen LogP contribution in [-0.4, -0.2) is 119 Å². The van der Waals surface area contributed by atoms with E-state index < -0.39 is 113 Å². The van der Waals surface area contributed by atoms with E-state index in [0.717, 1.165) is 24.3 Å². The number of ether oxygens (including phenoxy) is 4. The van der Waals surface area contributed by atoms with E-state index in [1.807, 2.05) is 0 Å². The third kappa shape index (κ3) is 5.55. The van der Waals surface area contributed by atoms with Crippen molar-refractivity contribution in [3.8, 4) is 40.1 Å². The first-order chi connectivity index (χ1) is 20.3. The summed E-state index contributed by atoms with van der Waals surface area (Å²) in [4.78, 5) is 13.7. The molecule has 5 unspecified atom stereocenters. The highest BCUT2D eigenvalue weighted by atomic mass is 16.8. The first-order valence-electron chi connectivity index (χ1n) is 13.0. The van der Waals surface area contributed by atoms with E-state index in [1.165, 1.54) is 13.0 Å². The molecule has 3 aromatic rings. The lowest BCUT2D eigenvalue weighted by Crippen LogP contribution is -2.64. The van der Waals surface area contributed by atoms with Crippen LogP contribution in [0, 0.1) is 0 Å². The molecule has 0 aliphatic carbocycles. The molecule has 5 rings (SSSR count). The van der Waals surface area contributed by atoms with Crippen LogP contribution in [-0.2, 0) is 14.2 Å². The molecule has 10 atom stereocenters. The number of phenolic OH excluding ortho intramolecular Hbond substituents is 4. The zero-order chi connectivity index (χ0) is 31.3. The molecule has 1 aromatic heterocycles. The first-order valence-corrected chi connectivity index (χ1v) is 13.0. The van der Waals surface area contributed by atoms with Crippen LogP contribution in [0.5, 0.6) is 28.7 Å². The van der Waals surface area contributed by atoms with Gasteiger partial charge in [0.2, 0.25) is 17.5 Å². The first kappa shape index (κ1) is 30.7. The van der Waals surface area contributed by atoms with Crippen molar-refractivity contribution in [1.29, 1.82) is 0 Å². The van der Waals surface area contributed by atoms with Crippen LogP contribution < -0.4 is 10.2 Å². The predicted octanol–water partition coefficient (Wildman–Crippen LogP) is -1.69. The fourth-order valence-electron chi connectivity index (χ4n) is 4.92. The van der Waals surface area contributed by atoms with Crippen LogP contribution >= 0.6 is 0 Å². The normalized spacial score (nSPS) is 33.0. The molecule has 0 bridgehead atoms. The molecule has 2 saturated heterocycles. The molecule has 0 amide bonds. The highest BCUT2D eigenvalue weighted by Gasteiger charge is 2.51. The zero-order valence-electron chi connectivity index (χ0n) is 22.3. The van der Waals surface area contributed by atoms with E-state index in [-0.39, 0.29) is 11.1 Å². The third-order valence-electron chi connectivity index (χ3n) is 7.31. The maximum atomic E-state index is 13.7. The number of rotatable bonds is 6. The highest BCUT2D eigenvalue weighted by Crippen LogP contribution is 2.40. The third-order valence-corrected chi connectivity index (χ3v) is 7.31. The van der Waals surface area contributed by atoms with Gasteiger partial charge in [-0.15, -0.1) is 0 Å².